The molecule has 3 nitrogen and oxygen atoms in total. The first kappa shape index (κ1) is 6.61. The second kappa shape index (κ2) is 2.87. The Morgan fingerprint density at radius 1 is 1.89 bits per heavy atom. The number of aryl methyl sites for hydroxylation is 1. The van der Waals surface area contributed by atoms with E-state index < -0.39 is 0 Å². The van der Waals surface area contributed by atoms with Gasteiger partial charge in [0, 0.05) is 12.8 Å². The zero-order valence-corrected chi connectivity index (χ0v) is 6.06. The van der Waals surface area contributed by atoms with Gasteiger partial charge in [-0.25, -0.2) is 0 Å². The fourth-order valence-corrected chi connectivity index (χ4v) is 1.03. The van der Waals surface area contributed by atoms with Gasteiger partial charge in [0.15, 0.2) is 5.16 Å². The van der Waals surface area contributed by atoms with Gasteiger partial charge in [-0.2, -0.15) is 0 Å². The molecule has 49 valence electrons. The number of nitrogens with zero attached hydrogens (tertiary/aromatic N) is 3. The lowest BCUT2D eigenvalue weighted by Gasteiger charge is -1.93. The predicted molar refractivity (Wildman–Crippen MR) is 37.1 cm³/mol. The van der Waals surface area contributed by atoms with Crippen molar-refractivity contribution in [1.82, 2.24) is 14.8 Å². The highest BCUT2D eigenvalue weighted by Gasteiger charge is 1.96. The first-order valence-electron chi connectivity index (χ1n) is 2.60. The lowest BCUT2D eigenvalue weighted by atomic mass is 11.0. The minimum Gasteiger partial charge on any atom is -0.312 e. The monoisotopic (exact) mass is 142 g/mol. The highest BCUT2D eigenvalue weighted by Crippen LogP contribution is 2.10. The number of hydrogen-bond acceptors (Lipinski definition) is 3. The maximum absolute atomic E-state index is 3.84. The van der Waals surface area contributed by atoms with Gasteiger partial charge < -0.3 is 4.57 Å². The molecule has 1 aromatic rings. The molecule has 0 saturated heterocycles. The van der Waals surface area contributed by atoms with E-state index in [-0.39, 0.29) is 0 Å². The van der Waals surface area contributed by atoms with E-state index in [9.17, 15) is 0 Å². The van der Waals surface area contributed by atoms with E-state index in [4.69, 9.17) is 0 Å². The Bertz CT molecular complexity index is 184. The lowest BCUT2D eigenvalue weighted by Crippen LogP contribution is -1.87. The molecule has 4 heteroatoms. The van der Waals surface area contributed by atoms with E-state index in [0.717, 1.165) is 10.9 Å². The lowest BCUT2D eigenvalue weighted by molar-refractivity contribution is 0.789. The number of aromatic nitrogens is 3. The number of rotatable bonds is 2. The summed E-state index contributed by atoms with van der Waals surface area (Å²) in [7, 11) is 1.91. The van der Waals surface area contributed by atoms with Crippen LogP contribution < -0.4 is 0 Å². The van der Waals surface area contributed by atoms with Gasteiger partial charge in [0.05, 0.1) is 0 Å². The van der Waals surface area contributed by atoms with Crippen LogP contribution in [0.3, 0.4) is 0 Å². The van der Waals surface area contributed by atoms with E-state index in [1.165, 1.54) is 0 Å². The van der Waals surface area contributed by atoms with E-state index >= 15 is 0 Å². The van der Waals surface area contributed by atoms with Gasteiger partial charge in [-0.15, -0.1) is 10.2 Å². The smallest absolute Gasteiger partial charge is 0.190 e. The standard InChI is InChI=1S/C5H8N3S/c1-3-9-5-7-6-4-8(5)2/h4H,1,3H2,2H3. The molecule has 9 heavy (non-hydrogen) atoms. The van der Waals surface area contributed by atoms with E-state index in [2.05, 4.69) is 17.1 Å². The van der Waals surface area contributed by atoms with Crippen LogP contribution in [0.15, 0.2) is 11.5 Å². The summed E-state index contributed by atoms with van der Waals surface area (Å²) in [5.41, 5.74) is 0. The summed E-state index contributed by atoms with van der Waals surface area (Å²) in [6.07, 6.45) is 1.68. The molecule has 0 N–H and O–H groups in total. The fraction of sp³-hybridized carbons (Fsp3) is 0.400. The minimum absolute atomic E-state index is 0.798. The minimum atomic E-state index is 0.798. The summed E-state index contributed by atoms with van der Waals surface area (Å²) in [6, 6.07) is 0. The molecule has 1 heterocycles. The van der Waals surface area contributed by atoms with Gasteiger partial charge >= 0.3 is 0 Å². The molecular formula is C5H8N3S. The normalized spacial score (nSPS) is 10.0. The molecule has 1 aromatic heterocycles. The highest BCUT2D eigenvalue weighted by molar-refractivity contribution is 7.99. The Morgan fingerprint density at radius 2 is 2.67 bits per heavy atom. The van der Waals surface area contributed by atoms with Crippen LogP contribution in [0.5, 0.6) is 0 Å². The molecule has 0 amide bonds. The molecule has 0 saturated carbocycles. The molecule has 0 atom stereocenters. The molecule has 0 unspecified atom stereocenters. The second-order valence-electron chi connectivity index (χ2n) is 1.57. The maximum Gasteiger partial charge on any atom is 0.190 e. The molecule has 0 aliphatic heterocycles. The summed E-state index contributed by atoms with van der Waals surface area (Å²) < 4.78 is 1.87. The average molecular weight is 142 g/mol. The van der Waals surface area contributed by atoms with Crippen LogP contribution in [-0.4, -0.2) is 20.5 Å². The largest absolute Gasteiger partial charge is 0.312 e. The van der Waals surface area contributed by atoms with Gasteiger partial charge in [0.1, 0.15) is 6.33 Å². The zero-order valence-electron chi connectivity index (χ0n) is 5.24. The topological polar surface area (TPSA) is 30.7 Å². The van der Waals surface area contributed by atoms with Crippen molar-refractivity contribution in [2.24, 2.45) is 7.05 Å². The molecule has 0 aliphatic rings. The molecular weight excluding hydrogens is 134 g/mol. The fourth-order valence-electron chi connectivity index (χ4n) is 0.495. The van der Waals surface area contributed by atoms with Crippen molar-refractivity contribution in [2.45, 2.75) is 5.16 Å². The van der Waals surface area contributed by atoms with E-state index in [1.54, 1.807) is 18.1 Å². The van der Waals surface area contributed by atoms with Gasteiger partial charge in [-0.3, -0.25) is 0 Å². The molecule has 1 rings (SSSR count). The Morgan fingerprint density at radius 3 is 3.11 bits per heavy atom. The van der Waals surface area contributed by atoms with Crippen molar-refractivity contribution < 1.29 is 0 Å². The second-order valence-corrected chi connectivity index (χ2v) is 2.63. The summed E-state index contributed by atoms with van der Waals surface area (Å²) >= 11 is 1.59. The van der Waals surface area contributed by atoms with Crippen molar-refractivity contribution in [1.29, 1.82) is 0 Å². The number of hydrogen-bond donors (Lipinski definition) is 0. The summed E-state index contributed by atoms with van der Waals surface area (Å²) in [5.74, 6) is 0.798. The molecule has 0 fully saturated rings. The van der Waals surface area contributed by atoms with Gasteiger partial charge in [-0.05, 0) is 6.92 Å². The molecule has 0 spiro atoms. The first-order chi connectivity index (χ1) is 4.34. The van der Waals surface area contributed by atoms with Crippen molar-refractivity contribution in [2.75, 3.05) is 5.75 Å². The molecule has 1 radical (unpaired) electrons. The van der Waals surface area contributed by atoms with Crippen LogP contribution in [0.25, 0.3) is 0 Å². The Balaban J connectivity index is 2.69. The summed E-state index contributed by atoms with van der Waals surface area (Å²) in [4.78, 5) is 0. The number of thioether (sulfide) groups is 1. The van der Waals surface area contributed by atoms with Crippen LogP contribution in [-0.2, 0) is 7.05 Å². The first-order valence-corrected chi connectivity index (χ1v) is 3.59. The highest BCUT2D eigenvalue weighted by atomic mass is 32.2. The zero-order chi connectivity index (χ0) is 6.69. The van der Waals surface area contributed by atoms with Crippen LogP contribution in [0.1, 0.15) is 0 Å². The third-order valence-corrected chi connectivity index (χ3v) is 1.73. The molecule has 0 aliphatic carbocycles. The maximum atomic E-state index is 3.84. The Kier molecular flexibility index (Phi) is 2.10. The van der Waals surface area contributed by atoms with Gasteiger partial charge in [-0.1, -0.05) is 11.8 Å². The van der Waals surface area contributed by atoms with Gasteiger partial charge in [0.25, 0.3) is 0 Å². The quantitative estimate of drug-likeness (QED) is 0.571. The van der Waals surface area contributed by atoms with E-state index in [1.807, 2.05) is 11.6 Å². The molecule has 0 bridgehead atoms. The Hall–Kier alpha value is -0.510. The predicted octanol–water partition coefficient (Wildman–Crippen LogP) is 0.741. The van der Waals surface area contributed by atoms with Crippen LogP contribution in [0.4, 0.5) is 0 Å². The van der Waals surface area contributed by atoms with E-state index in [0.29, 0.717) is 0 Å². The van der Waals surface area contributed by atoms with Crippen LogP contribution >= 0.6 is 11.8 Å². The molecule has 0 aromatic carbocycles. The summed E-state index contributed by atoms with van der Waals surface area (Å²) in [5, 5.41) is 8.47. The SMILES string of the molecule is [CH2]CSc1nncn1C. The van der Waals surface area contributed by atoms with Crippen molar-refractivity contribution in [3.8, 4) is 0 Å². The van der Waals surface area contributed by atoms with Crippen molar-refractivity contribution in [3.05, 3.63) is 13.3 Å². The average Bonchev–Trinajstić information content (AvgIpc) is 2.18. The van der Waals surface area contributed by atoms with Crippen LogP contribution in [0, 0.1) is 6.92 Å². The van der Waals surface area contributed by atoms with Crippen molar-refractivity contribution >= 4 is 11.8 Å². The van der Waals surface area contributed by atoms with Crippen LogP contribution in [0.2, 0.25) is 0 Å². The summed E-state index contributed by atoms with van der Waals surface area (Å²) in [6.45, 7) is 3.68. The van der Waals surface area contributed by atoms with Crippen molar-refractivity contribution in [3.63, 3.8) is 0 Å². The third kappa shape index (κ3) is 1.45. The third-order valence-electron chi connectivity index (χ3n) is 0.901. The Labute approximate surface area is 58.5 Å². The van der Waals surface area contributed by atoms with Gasteiger partial charge in [0.2, 0.25) is 0 Å².